The minimum absolute atomic E-state index is 0.0663. The van der Waals surface area contributed by atoms with Crippen molar-refractivity contribution in [1.82, 2.24) is 10.2 Å². The van der Waals surface area contributed by atoms with Gasteiger partial charge in [-0.3, -0.25) is 13.9 Å². The Morgan fingerprint density at radius 1 is 1.09 bits per heavy atom. The number of rotatable bonds is 9. The molecule has 0 aliphatic heterocycles. The molecule has 11 heteroatoms. The molecular weight excluding hydrogens is 541 g/mol. The lowest BCUT2D eigenvalue weighted by molar-refractivity contribution is -0.139. The van der Waals surface area contributed by atoms with Gasteiger partial charge in [-0.15, -0.1) is 0 Å². The van der Waals surface area contributed by atoms with Crippen LogP contribution in [0.1, 0.15) is 19.4 Å². The van der Waals surface area contributed by atoms with Gasteiger partial charge in [-0.05, 0) is 54.0 Å². The average Bonchev–Trinajstić information content (AvgIpc) is 2.71. The number of carbonyl (C=O) groups excluding carboxylic acids is 2. The van der Waals surface area contributed by atoms with Gasteiger partial charge < -0.3 is 10.2 Å². The summed E-state index contributed by atoms with van der Waals surface area (Å²) in [5.74, 6) is -0.961. The summed E-state index contributed by atoms with van der Waals surface area (Å²) < 4.78 is 26.6. The highest BCUT2D eigenvalue weighted by atomic mass is 79.9. The van der Waals surface area contributed by atoms with Gasteiger partial charge in [0.05, 0.1) is 11.9 Å². The number of likely N-dealkylation sites (N-methyl/N-ethyl adjacent to an activating group) is 1. The molecule has 0 saturated carbocycles. The van der Waals surface area contributed by atoms with Crippen LogP contribution in [0.4, 0.5) is 5.69 Å². The molecule has 2 amide bonds. The molecule has 0 aliphatic carbocycles. The molecule has 2 aromatic carbocycles. The maximum Gasteiger partial charge on any atom is 0.244 e. The molecule has 0 heterocycles. The van der Waals surface area contributed by atoms with Crippen molar-refractivity contribution in [3.63, 3.8) is 0 Å². The van der Waals surface area contributed by atoms with E-state index in [2.05, 4.69) is 21.2 Å². The average molecular weight is 565 g/mol. The highest BCUT2D eigenvalue weighted by molar-refractivity contribution is 9.10. The maximum atomic E-state index is 13.4. The molecule has 0 bridgehead atoms. The third-order valence-electron chi connectivity index (χ3n) is 4.71. The topological polar surface area (TPSA) is 86.8 Å². The van der Waals surface area contributed by atoms with E-state index < -0.39 is 28.5 Å². The Balaban J connectivity index is 2.46. The molecule has 0 fully saturated rings. The van der Waals surface area contributed by atoms with E-state index in [0.29, 0.717) is 32.3 Å². The Kier molecular flexibility index (Phi) is 9.39. The van der Waals surface area contributed by atoms with Crippen LogP contribution in [-0.2, 0) is 26.2 Å². The first-order valence-corrected chi connectivity index (χ1v) is 13.1. The Labute approximate surface area is 206 Å². The number of nitrogens with zero attached hydrogens (tertiary/aromatic N) is 2. The van der Waals surface area contributed by atoms with Crippen molar-refractivity contribution in [3.05, 3.63) is 62.5 Å². The standard InChI is InChI=1S/C21H24BrCl2N3O4S/c1-4-25-21(29)14(2)26(12-15-17(23)9-7-10-18(15)24)20(28)13-27(32(3,30)31)19-11-6-5-8-16(19)22/h5-11,14H,4,12-13H2,1-3H3,(H,25,29)/t14-/m0/s1. The number of carbonyl (C=O) groups is 2. The van der Waals surface area contributed by atoms with Gasteiger partial charge in [0.15, 0.2) is 0 Å². The molecule has 7 nitrogen and oxygen atoms in total. The highest BCUT2D eigenvalue weighted by Gasteiger charge is 2.31. The minimum Gasteiger partial charge on any atom is -0.355 e. The Morgan fingerprint density at radius 3 is 2.22 bits per heavy atom. The zero-order chi connectivity index (χ0) is 24.1. The van der Waals surface area contributed by atoms with Gasteiger partial charge in [-0.25, -0.2) is 8.42 Å². The molecule has 0 aromatic heterocycles. The van der Waals surface area contributed by atoms with Crippen molar-refractivity contribution in [3.8, 4) is 0 Å². The first-order chi connectivity index (χ1) is 15.0. The first kappa shape index (κ1) is 26.4. The maximum absolute atomic E-state index is 13.4. The highest BCUT2D eigenvalue weighted by Crippen LogP contribution is 2.29. The fourth-order valence-corrected chi connectivity index (χ4v) is 5.00. The molecule has 0 unspecified atom stereocenters. The summed E-state index contributed by atoms with van der Waals surface area (Å²) >= 11 is 15.9. The van der Waals surface area contributed by atoms with Crippen LogP contribution in [0.3, 0.4) is 0 Å². The number of nitrogens with one attached hydrogen (secondary N) is 1. The van der Waals surface area contributed by atoms with E-state index >= 15 is 0 Å². The van der Waals surface area contributed by atoms with Gasteiger partial charge in [-0.1, -0.05) is 41.4 Å². The summed E-state index contributed by atoms with van der Waals surface area (Å²) in [5.41, 5.74) is 0.775. The third-order valence-corrected chi connectivity index (χ3v) is 7.21. The van der Waals surface area contributed by atoms with E-state index in [0.717, 1.165) is 10.6 Å². The zero-order valence-electron chi connectivity index (χ0n) is 17.8. The van der Waals surface area contributed by atoms with Crippen LogP contribution < -0.4 is 9.62 Å². The predicted octanol–water partition coefficient (Wildman–Crippen LogP) is 4.08. The largest absolute Gasteiger partial charge is 0.355 e. The summed E-state index contributed by atoms with van der Waals surface area (Å²) in [5, 5.41) is 3.36. The lowest BCUT2D eigenvalue weighted by Gasteiger charge is -2.32. The van der Waals surface area contributed by atoms with Crippen LogP contribution in [0.25, 0.3) is 0 Å². The molecule has 174 valence electrons. The van der Waals surface area contributed by atoms with Crippen molar-refractivity contribution in [2.45, 2.75) is 26.4 Å². The zero-order valence-corrected chi connectivity index (χ0v) is 21.7. The molecule has 0 saturated heterocycles. The van der Waals surface area contributed by atoms with Gasteiger partial charge in [0.25, 0.3) is 0 Å². The number of hydrogen-bond acceptors (Lipinski definition) is 4. The molecule has 0 radical (unpaired) electrons. The fourth-order valence-electron chi connectivity index (χ4n) is 3.01. The van der Waals surface area contributed by atoms with Crippen molar-refractivity contribution < 1.29 is 18.0 Å². The van der Waals surface area contributed by atoms with Crippen molar-refractivity contribution in [2.75, 3.05) is 23.7 Å². The van der Waals surface area contributed by atoms with Crippen LogP contribution in [0.5, 0.6) is 0 Å². The van der Waals surface area contributed by atoms with Gasteiger partial charge >= 0.3 is 0 Å². The van der Waals surface area contributed by atoms with Crippen molar-refractivity contribution >= 4 is 66.7 Å². The number of hydrogen-bond donors (Lipinski definition) is 1. The normalized spacial score (nSPS) is 12.2. The van der Waals surface area contributed by atoms with E-state index in [1.165, 1.54) is 4.90 Å². The van der Waals surface area contributed by atoms with Gasteiger partial charge in [0, 0.05) is 33.2 Å². The smallest absolute Gasteiger partial charge is 0.244 e. The molecule has 0 aliphatic rings. The van der Waals surface area contributed by atoms with Crippen LogP contribution in [-0.4, -0.2) is 50.5 Å². The Morgan fingerprint density at radius 2 is 1.69 bits per heavy atom. The second-order valence-corrected chi connectivity index (χ2v) is 10.6. The summed E-state index contributed by atoms with van der Waals surface area (Å²) in [6.07, 6.45) is 1.02. The quantitative estimate of drug-likeness (QED) is 0.497. The van der Waals surface area contributed by atoms with Crippen molar-refractivity contribution in [1.29, 1.82) is 0 Å². The van der Waals surface area contributed by atoms with Gasteiger partial charge in [-0.2, -0.15) is 0 Å². The summed E-state index contributed by atoms with van der Waals surface area (Å²) in [4.78, 5) is 27.2. The van der Waals surface area contributed by atoms with E-state index in [1.807, 2.05) is 0 Å². The SMILES string of the molecule is CCNC(=O)[C@H](C)N(Cc1c(Cl)cccc1Cl)C(=O)CN(c1ccccc1Br)S(C)(=O)=O. The number of halogens is 3. The second kappa shape index (κ2) is 11.4. The van der Waals surface area contributed by atoms with Crippen LogP contribution >= 0.6 is 39.1 Å². The number of amides is 2. The molecule has 1 N–H and O–H groups in total. The Hall–Kier alpha value is -1.81. The summed E-state index contributed by atoms with van der Waals surface area (Å²) in [6.45, 7) is 3.14. The van der Waals surface area contributed by atoms with Crippen LogP contribution in [0, 0.1) is 0 Å². The molecular formula is C21H24BrCl2N3O4S. The molecule has 1 atom stereocenters. The van der Waals surface area contributed by atoms with Gasteiger partial charge in [0.2, 0.25) is 21.8 Å². The molecule has 2 rings (SSSR count). The van der Waals surface area contributed by atoms with Crippen LogP contribution in [0.2, 0.25) is 10.0 Å². The van der Waals surface area contributed by atoms with Crippen LogP contribution in [0.15, 0.2) is 46.9 Å². The number of sulfonamides is 1. The van der Waals surface area contributed by atoms with Crippen molar-refractivity contribution in [2.24, 2.45) is 0 Å². The number of para-hydroxylation sites is 1. The monoisotopic (exact) mass is 563 g/mol. The Bertz CT molecular complexity index is 1080. The number of anilines is 1. The molecule has 0 spiro atoms. The second-order valence-electron chi connectivity index (χ2n) is 7.01. The third kappa shape index (κ3) is 6.60. The van der Waals surface area contributed by atoms with E-state index in [1.54, 1.807) is 56.3 Å². The summed E-state index contributed by atoms with van der Waals surface area (Å²) in [6, 6.07) is 10.7. The molecule has 2 aromatic rings. The first-order valence-electron chi connectivity index (χ1n) is 9.69. The minimum atomic E-state index is -3.81. The number of benzene rings is 2. The molecule has 32 heavy (non-hydrogen) atoms. The fraction of sp³-hybridized carbons (Fsp3) is 0.333. The summed E-state index contributed by atoms with van der Waals surface area (Å²) in [7, 11) is -3.81. The van der Waals surface area contributed by atoms with E-state index in [-0.39, 0.29) is 12.5 Å². The lowest BCUT2D eigenvalue weighted by atomic mass is 10.1. The van der Waals surface area contributed by atoms with E-state index in [4.69, 9.17) is 23.2 Å². The van der Waals surface area contributed by atoms with Gasteiger partial charge in [0.1, 0.15) is 12.6 Å². The lowest BCUT2D eigenvalue weighted by Crippen LogP contribution is -2.51. The predicted molar refractivity (Wildman–Crippen MR) is 131 cm³/mol. The van der Waals surface area contributed by atoms with E-state index in [9.17, 15) is 18.0 Å².